The predicted molar refractivity (Wildman–Crippen MR) is 94.0 cm³/mol. The van der Waals surface area contributed by atoms with Crippen LogP contribution in [-0.2, 0) is 16.1 Å². The fourth-order valence-electron chi connectivity index (χ4n) is 3.13. The Kier molecular flexibility index (Phi) is 6.98. The fraction of sp³-hybridized carbons (Fsp3) is 0.526. The number of hydrogen-bond donors (Lipinski definition) is 3. The first kappa shape index (κ1) is 19.0. The number of carbonyl (C=O) groups is 3. The molecule has 1 aromatic carbocycles. The monoisotopic (exact) mass is 346 g/mol. The molecule has 1 saturated carbocycles. The SMILES string of the molecule is CC(NC(=O)CC1CCCCC1)C(=O)NCc1ccc(C(=O)O)cc1. The van der Waals surface area contributed by atoms with E-state index in [1.807, 2.05) is 0 Å². The molecule has 25 heavy (non-hydrogen) atoms. The van der Waals surface area contributed by atoms with E-state index in [9.17, 15) is 14.4 Å². The number of amides is 2. The molecule has 136 valence electrons. The van der Waals surface area contributed by atoms with E-state index in [0.717, 1.165) is 18.4 Å². The summed E-state index contributed by atoms with van der Waals surface area (Å²) < 4.78 is 0. The number of hydrogen-bond acceptors (Lipinski definition) is 3. The molecule has 0 saturated heterocycles. The molecule has 1 fully saturated rings. The molecule has 1 atom stereocenters. The number of rotatable bonds is 7. The Morgan fingerprint density at radius 2 is 1.76 bits per heavy atom. The number of carbonyl (C=O) groups excluding carboxylic acids is 2. The topological polar surface area (TPSA) is 95.5 Å². The highest BCUT2D eigenvalue weighted by molar-refractivity contribution is 5.88. The number of benzene rings is 1. The Morgan fingerprint density at radius 1 is 1.12 bits per heavy atom. The van der Waals surface area contributed by atoms with Crippen LogP contribution in [0.3, 0.4) is 0 Å². The van der Waals surface area contributed by atoms with Crippen LogP contribution in [0.1, 0.15) is 61.4 Å². The van der Waals surface area contributed by atoms with E-state index in [1.54, 1.807) is 19.1 Å². The van der Waals surface area contributed by atoms with E-state index >= 15 is 0 Å². The number of carboxylic acid groups (broad SMARTS) is 1. The lowest BCUT2D eigenvalue weighted by atomic mass is 9.87. The second kappa shape index (κ2) is 9.20. The lowest BCUT2D eigenvalue weighted by Crippen LogP contribution is -2.45. The lowest BCUT2D eigenvalue weighted by Gasteiger charge is -2.22. The molecule has 0 aromatic heterocycles. The summed E-state index contributed by atoms with van der Waals surface area (Å²) in [5.74, 6) is -0.860. The van der Waals surface area contributed by atoms with Crippen LogP contribution in [0.4, 0.5) is 0 Å². The van der Waals surface area contributed by atoms with Crippen LogP contribution in [0.5, 0.6) is 0 Å². The van der Waals surface area contributed by atoms with E-state index in [-0.39, 0.29) is 17.4 Å². The zero-order valence-electron chi connectivity index (χ0n) is 14.6. The molecule has 6 nitrogen and oxygen atoms in total. The quantitative estimate of drug-likeness (QED) is 0.707. The highest BCUT2D eigenvalue weighted by Gasteiger charge is 2.20. The summed E-state index contributed by atoms with van der Waals surface area (Å²) in [6.45, 7) is 1.96. The Morgan fingerprint density at radius 3 is 2.36 bits per heavy atom. The average Bonchev–Trinajstić information content (AvgIpc) is 2.60. The molecular weight excluding hydrogens is 320 g/mol. The van der Waals surface area contributed by atoms with Gasteiger partial charge >= 0.3 is 5.97 Å². The summed E-state index contributed by atoms with van der Waals surface area (Å²) in [6.07, 6.45) is 6.32. The molecular formula is C19H26N2O4. The van der Waals surface area contributed by atoms with Crippen molar-refractivity contribution in [1.29, 1.82) is 0 Å². The molecule has 0 bridgehead atoms. The summed E-state index contributed by atoms with van der Waals surface area (Å²) in [5.41, 5.74) is 1.01. The van der Waals surface area contributed by atoms with Crippen LogP contribution in [0.2, 0.25) is 0 Å². The summed E-state index contributed by atoms with van der Waals surface area (Å²) in [7, 11) is 0. The van der Waals surface area contributed by atoms with Crippen LogP contribution in [0.15, 0.2) is 24.3 Å². The molecule has 1 aliphatic carbocycles. The Balaban J connectivity index is 1.73. The van der Waals surface area contributed by atoms with Crippen LogP contribution in [-0.4, -0.2) is 28.9 Å². The van der Waals surface area contributed by atoms with Crippen molar-refractivity contribution >= 4 is 17.8 Å². The van der Waals surface area contributed by atoms with Gasteiger partial charge in [0.05, 0.1) is 5.56 Å². The van der Waals surface area contributed by atoms with Gasteiger partial charge in [0.2, 0.25) is 11.8 Å². The largest absolute Gasteiger partial charge is 0.478 e. The number of carboxylic acids is 1. The van der Waals surface area contributed by atoms with E-state index < -0.39 is 12.0 Å². The Hall–Kier alpha value is -2.37. The maximum Gasteiger partial charge on any atom is 0.335 e. The third kappa shape index (κ3) is 6.21. The first-order chi connectivity index (χ1) is 12.0. The van der Waals surface area contributed by atoms with E-state index in [4.69, 9.17) is 5.11 Å². The normalized spacial score (nSPS) is 16.0. The first-order valence-electron chi connectivity index (χ1n) is 8.85. The smallest absolute Gasteiger partial charge is 0.335 e. The van der Waals surface area contributed by atoms with Crippen molar-refractivity contribution in [2.45, 2.75) is 58.0 Å². The van der Waals surface area contributed by atoms with Gasteiger partial charge in [0, 0.05) is 13.0 Å². The van der Waals surface area contributed by atoms with Gasteiger partial charge in [-0.05, 0) is 43.4 Å². The zero-order valence-corrected chi connectivity index (χ0v) is 14.6. The first-order valence-corrected chi connectivity index (χ1v) is 8.85. The van der Waals surface area contributed by atoms with Crippen molar-refractivity contribution in [3.05, 3.63) is 35.4 Å². The second-order valence-corrected chi connectivity index (χ2v) is 6.72. The molecule has 6 heteroatoms. The van der Waals surface area contributed by atoms with Crippen molar-refractivity contribution in [1.82, 2.24) is 10.6 Å². The van der Waals surface area contributed by atoms with Gasteiger partial charge in [-0.1, -0.05) is 31.4 Å². The van der Waals surface area contributed by atoms with E-state index in [0.29, 0.717) is 18.9 Å². The van der Waals surface area contributed by atoms with Crippen LogP contribution < -0.4 is 10.6 Å². The molecule has 0 aliphatic heterocycles. The van der Waals surface area contributed by atoms with Gasteiger partial charge in [-0.25, -0.2) is 4.79 Å². The third-order valence-corrected chi connectivity index (χ3v) is 4.64. The molecule has 1 unspecified atom stereocenters. The molecule has 0 spiro atoms. The average molecular weight is 346 g/mol. The van der Waals surface area contributed by atoms with E-state index in [1.165, 1.54) is 31.4 Å². The predicted octanol–water partition coefficient (Wildman–Crippen LogP) is 2.48. The maximum atomic E-state index is 12.1. The molecule has 3 N–H and O–H groups in total. The highest BCUT2D eigenvalue weighted by atomic mass is 16.4. The van der Waals surface area contributed by atoms with Crippen molar-refractivity contribution in [3.63, 3.8) is 0 Å². The third-order valence-electron chi connectivity index (χ3n) is 4.64. The molecule has 0 heterocycles. The molecule has 1 aromatic rings. The summed E-state index contributed by atoms with van der Waals surface area (Å²) in [4.78, 5) is 35.0. The number of nitrogens with one attached hydrogen (secondary N) is 2. The van der Waals surface area contributed by atoms with Gasteiger partial charge in [0.1, 0.15) is 6.04 Å². The van der Waals surface area contributed by atoms with Gasteiger partial charge in [0.25, 0.3) is 0 Å². The van der Waals surface area contributed by atoms with Crippen molar-refractivity contribution in [3.8, 4) is 0 Å². The van der Waals surface area contributed by atoms with Gasteiger partial charge in [-0.2, -0.15) is 0 Å². The molecule has 2 amide bonds. The lowest BCUT2D eigenvalue weighted by molar-refractivity contribution is -0.129. The number of aromatic carboxylic acids is 1. The summed E-state index contributed by atoms with van der Waals surface area (Å²) in [5, 5.41) is 14.4. The molecule has 2 rings (SSSR count). The minimum atomic E-state index is -0.982. The van der Waals surface area contributed by atoms with Gasteiger partial charge in [0.15, 0.2) is 0 Å². The van der Waals surface area contributed by atoms with Crippen molar-refractivity contribution in [2.24, 2.45) is 5.92 Å². The highest BCUT2D eigenvalue weighted by Crippen LogP contribution is 2.26. The molecule has 1 aliphatic rings. The van der Waals surface area contributed by atoms with Gasteiger partial charge in [-0.3, -0.25) is 9.59 Å². The maximum absolute atomic E-state index is 12.1. The van der Waals surface area contributed by atoms with Crippen LogP contribution in [0.25, 0.3) is 0 Å². The van der Waals surface area contributed by atoms with Crippen LogP contribution in [0, 0.1) is 5.92 Å². The summed E-state index contributed by atoms with van der Waals surface area (Å²) in [6, 6.07) is 5.74. The second-order valence-electron chi connectivity index (χ2n) is 6.72. The Labute approximate surface area is 148 Å². The zero-order chi connectivity index (χ0) is 18.2. The fourth-order valence-corrected chi connectivity index (χ4v) is 3.13. The van der Waals surface area contributed by atoms with E-state index in [2.05, 4.69) is 10.6 Å². The standard InChI is InChI=1S/C19H26N2O4/c1-13(21-17(22)11-14-5-3-2-4-6-14)18(23)20-12-15-7-9-16(10-8-15)19(24)25/h7-10,13-14H,2-6,11-12H2,1H3,(H,20,23)(H,21,22)(H,24,25). The molecule has 0 radical (unpaired) electrons. The van der Waals surface area contributed by atoms with Gasteiger partial charge < -0.3 is 15.7 Å². The minimum absolute atomic E-state index is 0.0691. The van der Waals surface area contributed by atoms with Crippen molar-refractivity contribution < 1.29 is 19.5 Å². The van der Waals surface area contributed by atoms with Gasteiger partial charge in [-0.15, -0.1) is 0 Å². The minimum Gasteiger partial charge on any atom is -0.478 e. The Bertz CT molecular complexity index is 606. The van der Waals surface area contributed by atoms with Crippen molar-refractivity contribution in [2.75, 3.05) is 0 Å². The van der Waals surface area contributed by atoms with Crippen LogP contribution >= 0.6 is 0 Å². The summed E-state index contributed by atoms with van der Waals surface area (Å²) >= 11 is 0.